The van der Waals surface area contributed by atoms with Crippen LogP contribution in [0, 0.1) is 13.8 Å². The molecule has 1 atom stereocenters. The molecule has 0 aliphatic rings. The number of benzene rings is 1. The maximum absolute atomic E-state index is 12.5. The van der Waals surface area contributed by atoms with Gasteiger partial charge < -0.3 is 9.64 Å². The lowest BCUT2D eigenvalue weighted by atomic mass is 10.2. The van der Waals surface area contributed by atoms with E-state index in [-0.39, 0.29) is 18.6 Å². The van der Waals surface area contributed by atoms with Gasteiger partial charge >= 0.3 is 5.97 Å². The summed E-state index contributed by atoms with van der Waals surface area (Å²) in [7, 11) is 3.53. The van der Waals surface area contributed by atoms with E-state index in [0.717, 1.165) is 32.2 Å². The van der Waals surface area contributed by atoms with Crippen molar-refractivity contribution in [2.45, 2.75) is 26.8 Å². The molecule has 2 heterocycles. The maximum Gasteiger partial charge on any atom is 0.331 e. The number of carbonyl (C=O) groups is 2. The van der Waals surface area contributed by atoms with Crippen molar-refractivity contribution >= 4 is 39.5 Å². The van der Waals surface area contributed by atoms with Crippen LogP contribution in [-0.2, 0) is 21.4 Å². The van der Waals surface area contributed by atoms with Crippen LogP contribution in [0.2, 0.25) is 0 Å². The lowest BCUT2D eigenvalue weighted by Gasteiger charge is -2.22. The Morgan fingerprint density at radius 3 is 2.69 bits per heavy atom. The molecule has 0 unspecified atom stereocenters. The van der Waals surface area contributed by atoms with Gasteiger partial charge in [0.1, 0.15) is 5.01 Å². The average molecular weight is 413 g/mol. The number of hydrogen-bond donors (Lipinski definition) is 0. The number of carbonyl (C=O) groups excluding carboxylic acids is 2. The quantitative estimate of drug-likeness (QED) is 0.458. The van der Waals surface area contributed by atoms with Gasteiger partial charge in [0.05, 0.1) is 22.0 Å². The van der Waals surface area contributed by atoms with E-state index in [0.29, 0.717) is 0 Å². The van der Waals surface area contributed by atoms with Crippen LogP contribution >= 0.6 is 11.3 Å². The largest absolute Gasteiger partial charge is 0.452 e. The van der Waals surface area contributed by atoms with E-state index in [1.165, 1.54) is 6.08 Å². The van der Waals surface area contributed by atoms with E-state index in [4.69, 9.17) is 4.74 Å². The van der Waals surface area contributed by atoms with Gasteiger partial charge in [-0.3, -0.25) is 9.48 Å². The monoisotopic (exact) mass is 412 g/mol. The number of nitrogens with zero attached hydrogens (tertiary/aromatic N) is 4. The SMILES string of the molecule is Cc1nn(C)c(C)c1/C=C/C(=O)OCC(=O)N(C)[C@H](C)c1nc2ccccc2s1. The zero-order valence-corrected chi connectivity index (χ0v) is 18.0. The van der Waals surface area contributed by atoms with Crippen LogP contribution in [-0.4, -0.2) is 45.2 Å². The van der Waals surface area contributed by atoms with Crippen LogP contribution < -0.4 is 0 Å². The average Bonchev–Trinajstić information content (AvgIpc) is 3.24. The van der Waals surface area contributed by atoms with Crippen LogP contribution in [0.15, 0.2) is 30.3 Å². The van der Waals surface area contributed by atoms with Crippen molar-refractivity contribution in [3.63, 3.8) is 0 Å². The Labute approximate surface area is 173 Å². The van der Waals surface area contributed by atoms with Gasteiger partial charge in [0.2, 0.25) is 0 Å². The van der Waals surface area contributed by atoms with Gasteiger partial charge in [-0.25, -0.2) is 9.78 Å². The summed E-state index contributed by atoms with van der Waals surface area (Å²) in [5.41, 5.74) is 3.57. The molecule has 2 aromatic heterocycles. The van der Waals surface area contributed by atoms with E-state index < -0.39 is 5.97 Å². The van der Waals surface area contributed by atoms with Crippen molar-refractivity contribution in [2.24, 2.45) is 7.05 Å². The first-order valence-electron chi connectivity index (χ1n) is 9.24. The first-order chi connectivity index (χ1) is 13.8. The third kappa shape index (κ3) is 4.54. The molecule has 0 bridgehead atoms. The Morgan fingerprint density at radius 2 is 2.03 bits per heavy atom. The molecule has 0 spiro atoms. The van der Waals surface area contributed by atoms with Crippen LogP contribution in [0.1, 0.15) is 34.9 Å². The standard InChI is InChI=1S/C21H24N4O3S/c1-13-16(14(2)25(5)23-13)10-11-20(27)28-12-19(26)24(4)15(3)21-22-17-8-6-7-9-18(17)29-21/h6-11,15H,12H2,1-5H3/b11-10+/t15-/m1/s1. The summed E-state index contributed by atoms with van der Waals surface area (Å²) in [5, 5.41) is 5.14. The number of fused-ring (bicyclic) bond motifs is 1. The summed E-state index contributed by atoms with van der Waals surface area (Å²) in [6, 6.07) is 7.64. The van der Waals surface area contributed by atoms with Crippen molar-refractivity contribution < 1.29 is 14.3 Å². The highest BCUT2D eigenvalue weighted by Crippen LogP contribution is 2.28. The smallest absolute Gasteiger partial charge is 0.331 e. The van der Waals surface area contributed by atoms with Crippen molar-refractivity contribution in [3.8, 4) is 0 Å². The van der Waals surface area contributed by atoms with Gasteiger partial charge in [0.25, 0.3) is 5.91 Å². The lowest BCUT2D eigenvalue weighted by Crippen LogP contribution is -2.33. The molecule has 29 heavy (non-hydrogen) atoms. The molecule has 3 aromatic rings. The number of esters is 1. The summed E-state index contributed by atoms with van der Waals surface area (Å²) in [5.74, 6) is -0.853. The topological polar surface area (TPSA) is 77.3 Å². The van der Waals surface area contributed by atoms with Crippen molar-refractivity contribution in [3.05, 3.63) is 52.3 Å². The summed E-state index contributed by atoms with van der Waals surface area (Å²) in [6.45, 7) is 5.39. The normalized spacial score (nSPS) is 12.4. The fourth-order valence-electron chi connectivity index (χ4n) is 2.92. The molecule has 0 aliphatic carbocycles. The molecule has 1 amide bonds. The Balaban J connectivity index is 1.57. The Bertz CT molecular complexity index is 1050. The first kappa shape index (κ1) is 20.7. The second kappa shape index (κ2) is 8.57. The number of aromatic nitrogens is 3. The molecule has 8 heteroatoms. The number of para-hydroxylation sites is 1. The zero-order valence-electron chi connectivity index (χ0n) is 17.2. The zero-order chi connectivity index (χ0) is 21.1. The number of aryl methyl sites for hydroxylation is 2. The van der Waals surface area contributed by atoms with Gasteiger partial charge in [-0.15, -0.1) is 11.3 Å². The number of hydrogen-bond acceptors (Lipinski definition) is 6. The number of rotatable bonds is 6. The highest BCUT2D eigenvalue weighted by atomic mass is 32.1. The third-order valence-corrected chi connectivity index (χ3v) is 6.14. The molecular weight excluding hydrogens is 388 g/mol. The fourth-order valence-corrected chi connectivity index (χ4v) is 3.98. The fraction of sp³-hybridized carbons (Fsp3) is 0.333. The maximum atomic E-state index is 12.5. The first-order valence-corrected chi connectivity index (χ1v) is 10.1. The highest BCUT2D eigenvalue weighted by molar-refractivity contribution is 7.18. The van der Waals surface area contributed by atoms with E-state index in [1.807, 2.05) is 52.1 Å². The minimum atomic E-state index is -0.568. The van der Waals surface area contributed by atoms with Gasteiger partial charge in [-0.2, -0.15) is 5.10 Å². The van der Waals surface area contributed by atoms with Crippen molar-refractivity contribution in [2.75, 3.05) is 13.7 Å². The number of likely N-dealkylation sites (N-methyl/N-ethyl adjacent to an activating group) is 1. The van der Waals surface area contributed by atoms with Gasteiger partial charge in [0.15, 0.2) is 6.61 Å². The molecule has 0 radical (unpaired) electrons. The van der Waals surface area contributed by atoms with Crippen LogP contribution in [0.3, 0.4) is 0 Å². The van der Waals surface area contributed by atoms with Crippen molar-refractivity contribution in [1.29, 1.82) is 0 Å². The molecule has 0 aliphatic heterocycles. The number of thiazole rings is 1. The van der Waals surface area contributed by atoms with Crippen molar-refractivity contribution in [1.82, 2.24) is 19.7 Å². The number of ether oxygens (including phenoxy) is 1. The minimum absolute atomic E-state index is 0.213. The summed E-state index contributed by atoms with van der Waals surface area (Å²) in [6.07, 6.45) is 2.99. The predicted molar refractivity (Wildman–Crippen MR) is 113 cm³/mol. The Morgan fingerprint density at radius 1 is 1.31 bits per heavy atom. The summed E-state index contributed by atoms with van der Waals surface area (Å²) < 4.78 is 7.95. The minimum Gasteiger partial charge on any atom is -0.452 e. The van der Waals surface area contributed by atoms with Crippen LogP contribution in [0.5, 0.6) is 0 Å². The van der Waals surface area contributed by atoms with E-state index in [1.54, 1.807) is 34.0 Å². The van der Waals surface area contributed by atoms with Crippen LogP contribution in [0.25, 0.3) is 16.3 Å². The van der Waals surface area contributed by atoms with E-state index in [2.05, 4.69) is 10.1 Å². The van der Waals surface area contributed by atoms with Gasteiger partial charge in [0, 0.05) is 31.4 Å². The Hall–Kier alpha value is -3.00. The molecule has 0 saturated carbocycles. The van der Waals surface area contributed by atoms with Crippen LogP contribution in [0.4, 0.5) is 0 Å². The third-order valence-electron chi connectivity index (χ3n) is 4.93. The molecule has 0 fully saturated rings. The second-order valence-electron chi connectivity index (χ2n) is 6.85. The number of amides is 1. The van der Waals surface area contributed by atoms with E-state index >= 15 is 0 Å². The second-order valence-corrected chi connectivity index (χ2v) is 7.91. The Kier molecular flexibility index (Phi) is 6.12. The molecule has 1 aromatic carbocycles. The molecule has 3 rings (SSSR count). The molecule has 0 N–H and O–H groups in total. The van der Waals surface area contributed by atoms with Gasteiger partial charge in [-0.1, -0.05) is 12.1 Å². The van der Waals surface area contributed by atoms with E-state index in [9.17, 15) is 9.59 Å². The highest BCUT2D eigenvalue weighted by Gasteiger charge is 2.21. The molecular formula is C21H24N4O3S. The summed E-state index contributed by atoms with van der Waals surface area (Å²) in [4.78, 5) is 30.6. The molecule has 0 saturated heterocycles. The summed E-state index contributed by atoms with van der Waals surface area (Å²) >= 11 is 1.55. The lowest BCUT2D eigenvalue weighted by molar-refractivity contribution is -0.148. The molecule has 152 valence electrons. The molecule has 7 nitrogen and oxygen atoms in total. The van der Waals surface area contributed by atoms with Gasteiger partial charge in [-0.05, 0) is 39.0 Å². The predicted octanol–water partition coefficient (Wildman–Crippen LogP) is 3.42.